The van der Waals surface area contributed by atoms with Crippen LogP contribution in [0.2, 0.25) is 0 Å². The van der Waals surface area contributed by atoms with Gasteiger partial charge in [0.05, 0.1) is 0 Å². The van der Waals surface area contributed by atoms with Crippen LogP contribution >= 0.6 is 0 Å². The smallest absolute Gasteiger partial charge is 0.220 e. The molecule has 0 aromatic heterocycles. The molecular weight excluding hydrogens is 287 g/mol. The standard InChI is InChI=1S/C15H27FN4O2/c1-3-15(8-4-9-19-14(15)16)20-13(22)6-5-12(17)7-10-18-11(2)21/h12H,3-10,17H2,1-2H3,(H,18,21)(H,20,22). The summed E-state index contributed by atoms with van der Waals surface area (Å²) in [5.74, 6) is -0.768. The number of carbonyl (C=O) groups is 2. The molecule has 2 unspecified atom stereocenters. The zero-order chi connectivity index (χ0) is 16.6. The van der Waals surface area contributed by atoms with E-state index in [1.54, 1.807) is 0 Å². The van der Waals surface area contributed by atoms with E-state index in [1.807, 2.05) is 6.92 Å². The van der Waals surface area contributed by atoms with E-state index in [2.05, 4.69) is 15.6 Å². The largest absolute Gasteiger partial charge is 0.356 e. The Labute approximate surface area is 131 Å². The summed E-state index contributed by atoms with van der Waals surface area (Å²) in [5, 5.41) is 5.46. The fourth-order valence-electron chi connectivity index (χ4n) is 2.56. The van der Waals surface area contributed by atoms with Crippen molar-refractivity contribution in [2.75, 3.05) is 13.1 Å². The SMILES string of the molecule is CCC1(NC(=O)CCC(N)CCNC(C)=O)CCCN=C1F. The zero-order valence-corrected chi connectivity index (χ0v) is 13.5. The number of amides is 2. The van der Waals surface area contributed by atoms with E-state index in [0.717, 1.165) is 6.42 Å². The van der Waals surface area contributed by atoms with Crippen molar-refractivity contribution in [2.45, 2.75) is 64.0 Å². The Morgan fingerprint density at radius 2 is 2.18 bits per heavy atom. The van der Waals surface area contributed by atoms with Crippen LogP contribution in [0.1, 0.15) is 52.4 Å². The number of halogens is 1. The fourth-order valence-corrected chi connectivity index (χ4v) is 2.56. The molecule has 0 aliphatic carbocycles. The molecule has 2 atom stereocenters. The minimum absolute atomic E-state index is 0.0955. The van der Waals surface area contributed by atoms with Crippen molar-refractivity contribution in [1.29, 1.82) is 0 Å². The number of nitrogens with zero attached hydrogens (tertiary/aromatic N) is 1. The van der Waals surface area contributed by atoms with Crippen molar-refractivity contribution in [2.24, 2.45) is 10.7 Å². The molecule has 1 aliphatic heterocycles. The molecule has 1 heterocycles. The summed E-state index contributed by atoms with van der Waals surface area (Å²) < 4.78 is 14.0. The normalized spacial score (nSPS) is 22.6. The van der Waals surface area contributed by atoms with Gasteiger partial charge in [-0.15, -0.1) is 0 Å². The van der Waals surface area contributed by atoms with Crippen LogP contribution in [0.25, 0.3) is 0 Å². The van der Waals surface area contributed by atoms with E-state index in [-0.39, 0.29) is 24.3 Å². The highest BCUT2D eigenvalue weighted by Gasteiger charge is 2.37. The molecule has 4 N–H and O–H groups in total. The summed E-state index contributed by atoms with van der Waals surface area (Å²) in [6.45, 7) is 4.28. The van der Waals surface area contributed by atoms with E-state index < -0.39 is 11.5 Å². The summed E-state index contributed by atoms with van der Waals surface area (Å²) in [5.41, 5.74) is 4.97. The average Bonchev–Trinajstić information content (AvgIpc) is 2.47. The highest BCUT2D eigenvalue weighted by atomic mass is 19.1. The summed E-state index contributed by atoms with van der Waals surface area (Å²) in [7, 11) is 0. The summed E-state index contributed by atoms with van der Waals surface area (Å²) in [6, 6.07) is -0.167. The average molecular weight is 314 g/mol. The molecule has 1 rings (SSSR count). The number of carbonyl (C=O) groups excluding carboxylic acids is 2. The molecule has 0 aromatic carbocycles. The number of aliphatic imine (C=N–C) groups is 1. The molecule has 0 spiro atoms. The molecule has 0 bridgehead atoms. The second-order valence-corrected chi connectivity index (χ2v) is 5.83. The molecule has 6 nitrogen and oxygen atoms in total. The molecule has 22 heavy (non-hydrogen) atoms. The molecule has 1 aliphatic rings. The molecule has 0 saturated carbocycles. The summed E-state index contributed by atoms with van der Waals surface area (Å²) in [4.78, 5) is 26.6. The Hall–Kier alpha value is -1.50. The molecule has 0 aromatic rings. The Bertz CT molecular complexity index is 428. The lowest BCUT2D eigenvalue weighted by Gasteiger charge is -2.34. The van der Waals surface area contributed by atoms with Gasteiger partial charge in [0.1, 0.15) is 5.54 Å². The number of hydrogen-bond acceptors (Lipinski definition) is 4. The monoisotopic (exact) mass is 314 g/mol. The molecule has 0 fully saturated rings. The van der Waals surface area contributed by atoms with Crippen LogP contribution in [-0.2, 0) is 9.59 Å². The lowest BCUT2D eigenvalue weighted by Crippen LogP contribution is -2.54. The Balaban J connectivity index is 2.37. The summed E-state index contributed by atoms with van der Waals surface area (Å²) in [6.07, 6.45) is 3.21. The van der Waals surface area contributed by atoms with Gasteiger partial charge < -0.3 is 16.4 Å². The van der Waals surface area contributed by atoms with E-state index in [1.165, 1.54) is 6.92 Å². The number of nitrogens with two attached hydrogens (primary N) is 1. The highest BCUT2D eigenvalue weighted by Crippen LogP contribution is 2.25. The topological polar surface area (TPSA) is 96.6 Å². The maximum absolute atomic E-state index is 14.0. The van der Waals surface area contributed by atoms with E-state index in [9.17, 15) is 14.0 Å². The quantitative estimate of drug-likeness (QED) is 0.624. The second-order valence-electron chi connectivity index (χ2n) is 5.83. The zero-order valence-electron chi connectivity index (χ0n) is 13.5. The van der Waals surface area contributed by atoms with Gasteiger partial charge in [0, 0.05) is 32.5 Å². The maximum Gasteiger partial charge on any atom is 0.220 e. The van der Waals surface area contributed by atoms with Crippen LogP contribution in [0.3, 0.4) is 0 Å². The summed E-state index contributed by atoms with van der Waals surface area (Å²) >= 11 is 0. The van der Waals surface area contributed by atoms with Gasteiger partial charge >= 0.3 is 0 Å². The minimum atomic E-state index is -0.935. The van der Waals surface area contributed by atoms with Crippen LogP contribution in [0.5, 0.6) is 0 Å². The van der Waals surface area contributed by atoms with Crippen molar-refractivity contribution >= 4 is 17.8 Å². The van der Waals surface area contributed by atoms with Gasteiger partial charge in [-0.3, -0.25) is 14.6 Å². The van der Waals surface area contributed by atoms with E-state index in [4.69, 9.17) is 5.73 Å². The first kappa shape index (κ1) is 18.5. The molecule has 126 valence electrons. The third-order valence-corrected chi connectivity index (χ3v) is 4.02. The highest BCUT2D eigenvalue weighted by molar-refractivity contribution is 5.91. The molecule has 2 amide bonds. The van der Waals surface area contributed by atoms with Crippen LogP contribution in [0, 0.1) is 0 Å². The van der Waals surface area contributed by atoms with Crippen molar-refractivity contribution in [3.8, 4) is 0 Å². The lowest BCUT2D eigenvalue weighted by molar-refractivity contribution is -0.123. The Morgan fingerprint density at radius 1 is 1.45 bits per heavy atom. The lowest BCUT2D eigenvalue weighted by atomic mass is 9.88. The minimum Gasteiger partial charge on any atom is -0.356 e. The number of nitrogens with one attached hydrogen (secondary N) is 2. The molecule has 0 radical (unpaired) electrons. The third-order valence-electron chi connectivity index (χ3n) is 4.02. The van der Waals surface area contributed by atoms with Gasteiger partial charge in [-0.1, -0.05) is 6.92 Å². The predicted octanol–water partition coefficient (Wildman–Crippen LogP) is 1.05. The van der Waals surface area contributed by atoms with E-state index in [0.29, 0.717) is 38.8 Å². The third kappa shape index (κ3) is 5.71. The number of rotatable bonds is 8. The maximum atomic E-state index is 14.0. The Morgan fingerprint density at radius 3 is 2.77 bits per heavy atom. The van der Waals surface area contributed by atoms with Gasteiger partial charge in [-0.2, -0.15) is 4.39 Å². The van der Waals surface area contributed by atoms with Crippen LogP contribution in [0.4, 0.5) is 4.39 Å². The van der Waals surface area contributed by atoms with Gasteiger partial charge in [-0.25, -0.2) is 0 Å². The van der Waals surface area contributed by atoms with Crippen LogP contribution < -0.4 is 16.4 Å². The second kappa shape index (κ2) is 8.82. The van der Waals surface area contributed by atoms with Crippen molar-refractivity contribution < 1.29 is 14.0 Å². The molecule has 0 saturated heterocycles. The van der Waals surface area contributed by atoms with Gasteiger partial charge in [0.25, 0.3) is 0 Å². The first-order valence-electron chi connectivity index (χ1n) is 7.91. The number of hydrogen-bond donors (Lipinski definition) is 3. The van der Waals surface area contributed by atoms with Crippen LogP contribution in [0.15, 0.2) is 4.99 Å². The molecule has 7 heteroatoms. The van der Waals surface area contributed by atoms with Crippen LogP contribution in [-0.4, -0.2) is 42.5 Å². The van der Waals surface area contributed by atoms with Crippen molar-refractivity contribution in [3.05, 3.63) is 0 Å². The molecular formula is C15H27FN4O2. The van der Waals surface area contributed by atoms with Crippen molar-refractivity contribution in [3.63, 3.8) is 0 Å². The van der Waals surface area contributed by atoms with Gasteiger partial charge in [-0.05, 0) is 32.1 Å². The fraction of sp³-hybridized carbons (Fsp3) is 0.800. The van der Waals surface area contributed by atoms with Gasteiger partial charge in [0.15, 0.2) is 0 Å². The van der Waals surface area contributed by atoms with E-state index >= 15 is 0 Å². The van der Waals surface area contributed by atoms with Crippen molar-refractivity contribution in [1.82, 2.24) is 10.6 Å². The predicted molar refractivity (Wildman–Crippen MR) is 84.3 cm³/mol. The first-order valence-corrected chi connectivity index (χ1v) is 7.91. The Kier molecular flexibility index (Phi) is 7.44. The first-order chi connectivity index (χ1) is 10.4. The van der Waals surface area contributed by atoms with Gasteiger partial charge in [0.2, 0.25) is 17.8 Å².